The van der Waals surface area contributed by atoms with Crippen molar-refractivity contribution in [2.24, 2.45) is 0 Å². The van der Waals surface area contributed by atoms with Crippen molar-refractivity contribution in [3.63, 3.8) is 0 Å². The second-order valence-electron chi connectivity index (χ2n) is 6.82. The zero-order valence-corrected chi connectivity index (χ0v) is 17.3. The number of hydrogen-bond donors (Lipinski definition) is 1. The number of nitrogens with zero attached hydrogens (tertiary/aromatic N) is 2. The van der Waals surface area contributed by atoms with Gasteiger partial charge in [-0.2, -0.15) is 0 Å². The van der Waals surface area contributed by atoms with E-state index in [1.54, 1.807) is 30.5 Å². The molecular formula is C23H21N3O3S. The molecule has 30 heavy (non-hydrogen) atoms. The van der Waals surface area contributed by atoms with Gasteiger partial charge in [0.15, 0.2) is 4.96 Å². The smallest absolute Gasteiger partial charge is 0.258 e. The maximum Gasteiger partial charge on any atom is 0.258 e. The predicted molar refractivity (Wildman–Crippen MR) is 118 cm³/mol. The molecule has 2 heterocycles. The second kappa shape index (κ2) is 8.92. The normalized spacial score (nSPS) is 11.9. The average molecular weight is 420 g/mol. The molecular weight excluding hydrogens is 398 g/mol. The summed E-state index contributed by atoms with van der Waals surface area (Å²) in [6.07, 6.45) is 2.42. The lowest BCUT2D eigenvalue weighted by atomic mass is 9.95. The van der Waals surface area contributed by atoms with Crippen molar-refractivity contribution in [3.8, 4) is 5.75 Å². The Hall–Kier alpha value is -3.45. The maximum atomic E-state index is 12.7. The lowest BCUT2D eigenvalue weighted by molar-refractivity contribution is -0.117. The second-order valence-corrected chi connectivity index (χ2v) is 7.69. The standard InChI is InChI=1S/C23H21N3O3S/c1-2-20(16-6-4-3-5-7-16)22(28)24-17-8-10-19(11-9-17)29-15-18-14-21(27)26-12-13-30-23(26)25-18/h3-14,20H,2,15H2,1H3,(H,24,28)/t20-/m0/s1. The van der Waals surface area contributed by atoms with E-state index in [-0.39, 0.29) is 24.0 Å². The molecule has 0 saturated carbocycles. The number of fused-ring (bicyclic) bond motifs is 1. The topological polar surface area (TPSA) is 72.7 Å². The highest BCUT2D eigenvalue weighted by Crippen LogP contribution is 2.23. The number of amides is 1. The Bertz CT molecular complexity index is 1200. The molecule has 0 aliphatic carbocycles. The van der Waals surface area contributed by atoms with Gasteiger partial charge in [0.05, 0.1) is 11.6 Å². The summed E-state index contributed by atoms with van der Waals surface area (Å²) in [4.78, 5) is 29.8. The molecule has 0 unspecified atom stereocenters. The van der Waals surface area contributed by atoms with Crippen molar-refractivity contribution in [2.45, 2.75) is 25.9 Å². The van der Waals surface area contributed by atoms with Crippen LogP contribution in [0.3, 0.4) is 0 Å². The molecule has 152 valence electrons. The van der Waals surface area contributed by atoms with Crippen LogP contribution in [0.2, 0.25) is 0 Å². The highest BCUT2D eigenvalue weighted by Gasteiger charge is 2.18. The van der Waals surface area contributed by atoms with Gasteiger partial charge in [-0.15, -0.1) is 11.3 Å². The summed E-state index contributed by atoms with van der Waals surface area (Å²) >= 11 is 1.40. The number of hydrogen-bond acceptors (Lipinski definition) is 5. The molecule has 0 aliphatic heterocycles. The summed E-state index contributed by atoms with van der Waals surface area (Å²) < 4.78 is 7.26. The van der Waals surface area contributed by atoms with E-state index in [1.807, 2.05) is 42.6 Å². The van der Waals surface area contributed by atoms with Crippen molar-refractivity contribution < 1.29 is 9.53 Å². The van der Waals surface area contributed by atoms with E-state index in [0.717, 1.165) is 12.0 Å². The van der Waals surface area contributed by atoms with Crippen LogP contribution < -0.4 is 15.6 Å². The first-order valence-electron chi connectivity index (χ1n) is 9.68. The van der Waals surface area contributed by atoms with Crippen molar-refractivity contribution in [1.82, 2.24) is 9.38 Å². The van der Waals surface area contributed by atoms with E-state index < -0.39 is 0 Å². The summed E-state index contributed by atoms with van der Waals surface area (Å²) in [5, 5.41) is 4.79. The number of rotatable bonds is 7. The molecule has 2 aromatic heterocycles. The van der Waals surface area contributed by atoms with Gasteiger partial charge in [-0.25, -0.2) is 4.98 Å². The van der Waals surface area contributed by atoms with Crippen LogP contribution in [-0.4, -0.2) is 15.3 Å². The van der Waals surface area contributed by atoms with Crippen LogP contribution in [0.4, 0.5) is 5.69 Å². The Morgan fingerprint density at radius 2 is 1.93 bits per heavy atom. The first-order chi connectivity index (χ1) is 14.6. The maximum absolute atomic E-state index is 12.7. The Morgan fingerprint density at radius 3 is 2.67 bits per heavy atom. The predicted octanol–water partition coefficient (Wildman–Crippen LogP) is 4.47. The van der Waals surface area contributed by atoms with Crippen LogP contribution in [-0.2, 0) is 11.4 Å². The minimum Gasteiger partial charge on any atom is -0.487 e. The zero-order chi connectivity index (χ0) is 20.9. The van der Waals surface area contributed by atoms with E-state index in [4.69, 9.17) is 4.74 Å². The fraction of sp³-hybridized carbons (Fsp3) is 0.174. The number of aromatic nitrogens is 2. The molecule has 0 spiro atoms. The third kappa shape index (κ3) is 4.41. The number of nitrogens with one attached hydrogen (secondary N) is 1. The van der Waals surface area contributed by atoms with E-state index in [1.165, 1.54) is 21.8 Å². The molecule has 1 atom stereocenters. The summed E-state index contributed by atoms with van der Waals surface area (Å²) in [6, 6.07) is 18.4. The Kier molecular flexibility index (Phi) is 5.90. The number of anilines is 1. The van der Waals surface area contributed by atoms with Gasteiger partial charge in [-0.05, 0) is 36.2 Å². The van der Waals surface area contributed by atoms with Crippen molar-refractivity contribution in [1.29, 1.82) is 0 Å². The quantitative estimate of drug-likeness (QED) is 0.480. The molecule has 0 aliphatic rings. The van der Waals surface area contributed by atoms with Crippen LogP contribution in [0.15, 0.2) is 77.0 Å². The van der Waals surface area contributed by atoms with Crippen LogP contribution >= 0.6 is 11.3 Å². The van der Waals surface area contributed by atoms with Crippen molar-refractivity contribution in [3.05, 3.63) is 93.9 Å². The SMILES string of the molecule is CC[C@H](C(=O)Nc1ccc(OCc2cc(=O)n3ccsc3n2)cc1)c1ccccc1. The minimum atomic E-state index is -0.195. The number of benzene rings is 2. The van der Waals surface area contributed by atoms with Gasteiger partial charge in [-0.3, -0.25) is 14.0 Å². The highest BCUT2D eigenvalue weighted by atomic mass is 32.1. The average Bonchev–Trinajstić information content (AvgIpc) is 3.24. The lowest BCUT2D eigenvalue weighted by Crippen LogP contribution is -2.20. The van der Waals surface area contributed by atoms with Gasteiger partial charge in [-0.1, -0.05) is 37.3 Å². The molecule has 0 saturated heterocycles. The molecule has 0 fully saturated rings. The summed E-state index contributed by atoms with van der Waals surface area (Å²) in [5.74, 6) is 0.405. The number of ether oxygens (including phenoxy) is 1. The van der Waals surface area contributed by atoms with Crippen molar-refractivity contribution >= 4 is 27.9 Å². The largest absolute Gasteiger partial charge is 0.487 e. The Balaban J connectivity index is 1.38. The number of carbonyl (C=O) groups excluding carboxylic acids is 1. The van der Waals surface area contributed by atoms with Crippen LogP contribution in [0.1, 0.15) is 30.5 Å². The van der Waals surface area contributed by atoms with E-state index in [9.17, 15) is 9.59 Å². The Morgan fingerprint density at radius 1 is 1.17 bits per heavy atom. The van der Waals surface area contributed by atoms with Gasteiger partial charge in [0.1, 0.15) is 12.4 Å². The van der Waals surface area contributed by atoms with Crippen LogP contribution in [0.25, 0.3) is 4.96 Å². The number of carbonyl (C=O) groups is 1. The molecule has 1 amide bonds. The number of thiazole rings is 1. The highest BCUT2D eigenvalue weighted by molar-refractivity contribution is 7.15. The molecule has 4 rings (SSSR count). The van der Waals surface area contributed by atoms with Gasteiger partial charge in [0.2, 0.25) is 5.91 Å². The summed E-state index contributed by atoms with van der Waals surface area (Å²) in [7, 11) is 0. The molecule has 6 nitrogen and oxygen atoms in total. The van der Waals surface area contributed by atoms with E-state index >= 15 is 0 Å². The fourth-order valence-electron chi connectivity index (χ4n) is 3.24. The Labute approximate surface area is 177 Å². The molecule has 0 radical (unpaired) electrons. The minimum absolute atomic E-state index is 0.0358. The van der Waals surface area contributed by atoms with Crippen LogP contribution in [0, 0.1) is 0 Å². The van der Waals surface area contributed by atoms with Crippen molar-refractivity contribution in [2.75, 3.05) is 5.32 Å². The van der Waals surface area contributed by atoms with Gasteiger partial charge in [0, 0.05) is 23.3 Å². The lowest BCUT2D eigenvalue weighted by Gasteiger charge is -2.15. The van der Waals surface area contributed by atoms with E-state index in [2.05, 4.69) is 10.3 Å². The van der Waals surface area contributed by atoms with E-state index in [0.29, 0.717) is 22.1 Å². The third-order valence-corrected chi connectivity index (χ3v) is 5.55. The van der Waals surface area contributed by atoms with Gasteiger partial charge < -0.3 is 10.1 Å². The fourth-order valence-corrected chi connectivity index (χ4v) is 3.98. The molecule has 2 aromatic carbocycles. The molecule has 4 aromatic rings. The summed E-state index contributed by atoms with van der Waals surface area (Å²) in [5.41, 5.74) is 2.16. The summed E-state index contributed by atoms with van der Waals surface area (Å²) in [6.45, 7) is 2.20. The molecule has 1 N–H and O–H groups in total. The van der Waals surface area contributed by atoms with Gasteiger partial charge >= 0.3 is 0 Å². The molecule has 7 heteroatoms. The zero-order valence-electron chi connectivity index (χ0n) is 16.4. The first kappa shape index (κ1) is 19.8. The molecule has 0 bridgehead atoms. The van der Waals surface area contributed by atoms with Gasteiger partial charge in [0.25, 0.3) is 5.56 Å². The third-order valence-electron chi connectivity index (χ3n) is 4.79. The monoisotopic (exact) mass is 419 g/mol. The first-order valence-corrected chi connectivity index (χ1v) is 10.6. The van der Waals surface area contributed by atoms with Crippen LogP contribution in [0.5, 0.6) is 5.75 Å².